The zero-order valence-corrected chi connectivity index (χ0v) is 27.3. The van der Waals surface area contributed by atoms with Crippen LogP contribution in [0.2, 0.25) is 10.0 Å². The number of aromatic carboxylic acids is 2. The normalized spacial score (nSPS) is 14.1. The van der Waals surface area contributed by atoms with Crippen molar-refractivity contribution in [1.29, 1.82) is 0 Å². The fraction of sp³-hybridized carbons (Fsp3) is 0.0882. The van der Waals surface area contributed by atoms with Crippen molar-refractivity contribution in [2.45, 2.75) is 0 Å². The predicted molar refractivity (Wildman–Crippen MR) is 182 cm³/mol. The molecular formula is C34H24Cl2N4O10. The summed E-state index contributed by atoms with van der Waals surface area (Å²) in [4.78, 5) is 87.8. The molecule has 0 atom stereocenters. The summed E-state index contributed by atoms with van der Waals surface area (Å²) in [6.45, 7) is -0.404. The van der Waals surface area contributed by atoms with Crippen molar-refractivity contribution in [1.82, 2.24) is 0 Å². The number of methoxy groups -OCH3 is 1. The standard InChI is InChI=1S/C18H14N2O6.C16H10Cl2N2O4/c1-26-17(24)11-5-7-13(8-6-11)19-10-15(21)20(18(19)25)14-4-2-3-12(9-14)16(22)23;17-11-5-2-6-12(14(11)18)20-13(21)8-19(16(20)24)10-4-1-3-9(7-10)15(22)23/h2-9H,10H2,1H3,(H,22,23);1-7H,8H2,(H,22,23). The van der Waals surface area contributed by atoms with Gasteiger partial charge in [-0.3, -0.25) is 19.4 Å². The van der Waals surface area contributed by atoms with E-state index in [9.17, 15) is 33.6 Å². The number of ether oxygens (including phenoxy) is 1. The highest BCUT2D eigenvalue weighted by Crippen LogP contribution is 2.36. The van der Waals surface area contributed by atoms with E-state index in [1.54, 1.807) is 18.2 Å². The van der Waals surface area contributed by atoms with Crippen molar-refractivity contribution >= 4 is 87.7 Å². The van der Waals surface area contributed by atoms with Crippen molar-refractivity contribution in [3.05, 3.63) is 118 Å². The van der Waals surface area contributed by atoms with E-state index in [2.05, 4.69) is 4.74 Å². The van der Waals surface area contributed by atoms with Crippen LogP contribution in [0.25, 0.3) is 0 Å². The number of carbonyl (C=O) groups is 7. The van der Waals surface area contributed by atoms with Gasteiger partial charge in [0.05, 0.1) is 45.2 Å². The quantitative estimate of drug-likeness (QED) is 0.175. The Morgan fingerprint density at radius 3 is 1.70 bits per heavy atom. The molecule has 50 heavy (non-hydrogen) atoms. The first-order valence-electron chi connectivity index (χ1n) is 14.4. The van der Waals surface area contributed by atoms with E-state index in [0.717, 1.165) is 9.80 Å². The van der Waals surface area contributed by atoms with Gasteiger partial charge < -0.3 is 14.9 Å². The summed E-state index contributed by atoms with van der Waals surface area (Å²) in [5.41, 5.74) is 1.45. The van der Waals surface area contributed by atoms with E-state index in [1.165, 1.54) is 89.7 Å². The minimum Gasteiger partial charge on any atom is -0.478 e. The number of amides is 6. The largest absolute Gasteiger partial charge is 0.478 e. The topological polar surface area (TPSA) is 182 Å². The van der Waals surface area contributed by atoms with Crippen molar-refractivity contribution in [3.63, 3.8) is 0 Å². The number of nitrogens with zero attached hydrogens (tertiary/aromatic N) is 4. The third-order valence-electron chi connectivity index (χ3n) is 7.46. The maximum Gasteiger partial charge on any atom is 0.337 e. The fourth-order valence-electron chi connectivity index (χ4n) is 5.04. The molecule has 4 aromatic carbocycles. The number of halogens is 2. The maximum atomic E-state index is 12.7. The average molecular weight is 719 g/mol. The molecule has 0 unspecified atom stereocenters. The van der Waals surface area contributed by atoms with Crippen LogP contribution in [0.4, 0.5) is 32.3 Å². The maximum absolute atomic E-state index is 12.7. The monoisotopic (exact) mass is 718 g/mol. The highest BCUT2D eigenvalue weighted by Gasteiger charge is 2.40. The molecule has 6 rings (SSSR count). The van der Waals surface area contributed by atoms with Crippen molar-refractivity contribution in [2.75, 3.05) is 39.8 Å². The second-order valence-corrected chi connectivity index (χ2v) is 11.3. The minimum atomic E-state index is -1.15. The summed E-state index contributed by atoms with van der Waals surface area (Å²) in [6.07, 6.45) is 0. The minimum absolute atomic E-state index is 0.0204. The lowest BCUT2D eigenvalue weighted by molar-refractivity contribution is -0.116. The van der Waals surface area contributed by atoms with E-state index >= 15 is 0 Å². The van der Waals surface area contributed by atoms with Gasteiger partial charge in [-0.25, -0.2) is 33.8 Å². The molecule has 2 saturated heterocycles. The summed E-state index contributed by atoms with van der Waals surface area (Å²) < 4.78 is 4.62. The molecule has 6 amide bonds. The number of carbonyl (C=O) groups excluding carboxylic acids is 5. The van der Waals surface area contributed by atoms with Crippen molar-refractivity contribution in [3.8, 4) is 0 Å². The summed E-state index contributed by atoms with van der Waals surface area (Å²) in [7, 11) is 1.27. The molecule has 2 N–H and O–H groups in total. The lowest BCUT2D eigenvalue weighted by atomic mass is 10.2. The Kier molecular flexibility index (Phi) is 10.2. The van der Waals surface area contributed by atoms with Crippen molar-refractivity contribution in [2.24, 2.45) is 0 Å². The van der Waals surface area contributed by atoms with Gasteiger partial charge in [-0.1, -0.05) is 41.4 Å². The lowest BCUT2D eigenvalue weighted by Gasteiger charge is -2.18. The Labute approximate surface area is 293 Å². The van der Waals surface area contributed by atoms with Gasteiger partial charge in [-0.05, 0) is 72.8 Å². The number of benzene rings is 4. The number of carboxylic acids is 2. The summed E-state index contributed by atoms with van der Waals surface area (Å²) in [5, 5.41) is 18.4. The highest BCUT2D eigenvalue weighted by molar-refractivity contribution is 6.45. The van der Waals surface area contributed by atoms with Gasteiger partial charge in [0.1, 0.15) is 13.1 Å². The van der Waals surface area contributed by atoms with Crippen LogP contribution in [-0.2, 0) is 14.3 Å². The Hall–Kier alpha value is -6.25. The molecule has 2 fully saturated rings. The van der Waals surface area contributed by atoms with Crippen LogP contribution in [-0.4, -0.2) is 72.2 Å². The number of rotatable bonds is 7. The van der Waals surface area contributed by atoms with Crippen LogP contribution in [0.15, 0.2) is 91.0 Å². The molecule has 2 heterocycles. The molecule has 2 aliphatic rings. The Morgan fingerprint density at radius 1 is 0.620 bits per heavy atom. The number of hydrogen-bond donors (Lipinski definition) is 2. The summed E-state index contributed by atoms with van der Waals surface area (Å²) >= 11 is 12.0. The summed E-state index contributed by atoms with van der Waals surface area (Å²) in [6, 6.07) is 20.9. The van der Waals surface area contributed by atoms with Gasteiger partial charge in [-0.2, -0.15) is 0 Å². The first-order chi connectivity index (χ1) is 23.8. The Bertz CT molecular complexity index is 2070. The fourth-order valence-corrected chi connectivity index (χ4v) is 5.42. The van der Waals surface area contributed by atoms with Gasteiger partial charge in [0.15, 0.2) is 0 Å². The highest BCUT2D eigenvalue weighted by atomic mass is 35.5. The zero-order valence-electron chi connectivity index (χ0n) is 25.8. The molecular weight excluding hydrogens is 695 g/mol. The molecule has 4 aromatic rings. The van der Waals surface area contributed by atoms with Gasteiger partial charge >= 0.3 is 30.0 Å². The molecule has 16 heteroatoms. The molecule has 14 nitrogen and oxygen atoms in total. The predicted octanol–water partition coefficient (Wildman–Crippen LogP) is 5.81. The third-order valence-corrected chi connectivity index (χ3v) is 8.27. The second kappa shape index (κ2) is 14.5. The molecule has 0 aliphatic carbocycles. The van der Waals surface area contributed by atoms with Crippen LogP contribution >= 0.6 is 23.2 Å². The van der Waals surface area contributed by atoms with Gasteiger partial charge in [0.2, 0.25) is 0 Å². The SMILES string of the molecule is COC(=O)c1ccc(N2CC(=O)N(c3cccc(C(=O)O)c3)C2=O)cc1.O=C(O)c1cccc(N2CC(=O)N(c3cccc(Cl)c3Cl)C2=O)c1. The van der Waals surface area contributed by atoms with E-state index in [0.29, 0.717) is 16.9 Å². The average Bonchev–Trinajstić information content (AvgIpc) is 3.58. The number of hydrogen-bond acceptors (Lipinski definition) is 8. The summed E-state index contributed by atoms with van der Waals surface area (Å²) in [5.74, 6) is -3.74. The van der Waals surface area contributed by atoms with Gasteiger partial charge in [-0.15, -0.1) is 0 Å². The van der Waals surface area contributed by atoms with Crippen LogP contribution in [0.5, 0.6) is 0 Å². The molecule has 0 radical (unpaired) electrons. The number of carboxylic acid groups (broad SMARTS) is 2. The zero-order chi connectivity index (χ0) is 36.3. The van der Waals surface area contributed by atoms with Gasteiger partial charge in [0.25, 0.3) is 11.8 Å². The van der Waals surface area contributed by atoms with E-state index < -0.39 is 41.8 Å². The first kappa shape index (κ1) is 35.1. The third kappa shape index (κ3) is 6.97. The molecule has 0 aromatic heterocycles. The number of esters is 1. The van der Waals surface area contributed by atoms with Crippen LogP contribution in [0, 0.1) is 0 Å². The molecule has 0 spiro atoms. The Morgan fingerprint density at radius 2 is 1.12 bits per heavy atom. The lowest BCUT2D eigenvalue weighted by Crippen LogP contribution is -2.33. The van der Waals surface area contributed by atoms with E-state index in [-0.39, 0.29) is 45.6 Å². The smallest absolute Gasteiger partial charge is 0.337 e. The molecule has 0 bridgehead atoms. The van der Waals surface area contributed by atoms with E-state index in [4.69, 9.17) is 33.4 Å². The number of urea groups is 2. The number of anilines is 4. The molecule has 2 aliphatic heterocycles. The number of imide groups is 2. The first-order valence-corrected chi connectivity index (χ1v) is 15.2. The van der Waals surface area contributed by atoms with Crippen LogP contribution < -0.4 is 19.6 Å². The van der Waals surface area contributed by atoms with Crippen molar-refractivity contribution < 1.29 is 48.5 Å². The van der Waals surface area contributed by atoms with Crippen LogP contribution in [0.3, 0.4) is 0 Å². The molecule has 0 saturated carbocycles. The van der Waals surface area contributed by atoms with Gasteiger partial charge in [0, 0.05) is 11.4 Å². The van der Waals surface area contributed by atoms with E-state index in [1.807, 2.05) is 0 Å². The Balaban J connectivity index is 0.000000195. The van der Waals surface area contributed by atoms with Crippen LogP contribution in [0.1, 0.15) is 31.1 Å². The molecule has 254 valence electrons. The second-order valence-electron chi connectivity index (χ2n) is 10.5.